The van der Waals surface area contributed by atoms with Gasteiger partial charge in [0.1, 0.15) is 22.5 Å². The number of thiazole rings is 1. The van der Waals surface area contributed by atoms with E-state index in [1.165, 1.54) is 34.8 Å². The molecule has 6 rings (SSSR count). The van der Waals surface area contributed by atoms with Crippen molar-refractivity contribution in [3.63, 3.8) is 0 Å². The van der Waals surface area contributed by atoms with Crippen molar-refractivity contribution in [2.75, 3.05) is 36.5 Å². The Bertz CT molecular complexity index is 1590. The second kappa shape index (κ2) is 9.77. The smallest absolute Gasteiger partial charge is 0.315 e. The maximum Gasteiger partial charge on any atom is 0.315 e. The van der Waals surface area contributed by atoms with Crippen molar-refractivity contribution < 1.29 is 9.18 Å². The molecule has 2 saturated heterocycles. The Morgan fingerprint density at radius 3 is 2.72 bits per heavy atom. The molecule has 2 aliphatic rings. The fourth-order valence-electron chi connectivity index (χ4n) is 5.78. The lowest BCUT2D eigenvalue weighted by molar-refractivity contribution is 0.0970. The number of urea groups is 1. The molecule has 2 aliphatic heterocycles. The van der Waals surface area contributed by atoms with Crippen LogP contribution in [0.15, 0.2) is 24.3 Å². The van der Waals surface area contributed by atoms with E-state index < -0.39 is 0 Å². The lowest BCUT2D eigenvalue weighted by atomic mass is 9.86. The minimum atomic E-state index is -0.345. The van der Waals surface area contributed by atoms with E-state index in [0.29, 0.717) is 40.8 Å². The number of anilines is 3. The molecule has 0 bridgehead atoms. The number of likely N-dealkylation sites (tertiary alicyclic amines) is 1. The Labute approximate surface area is 233 Å². The van der Waals surface area contributed by atoms with Gasteiger partial charge in [-0.3, -0.25) is 0 Å². The molecule has 1 unspecified atom stereocenters. The number of nitriles is 1. The van der Waals surface area contributed by atoms with Crippen molar-refractivity contribution in [1.82, 2.24) is 24.5 Å². The largest absolute Gasteiger partial charge is 0.351 e. The molecule has 3 aromatic heterocycles. The average molecular weight is 566 g/mol. The third-order valence-corrected chi connectivity index (χ3v) is 9.73. The maximum atomic E-state index is 13.5. The predicted octanol–water partition coefficient (Wildman–Crippen LogP) is 4.77. The van der Waals surface area contributed by atoms with E-state index in [9.17, 15) is 14.4 Å². The Hall–Kier alpha value is -3.76. The van der Waals surface area contributed by atoms with Crippen molar-refractivity contribution in [3.8, 4) is 17.3 Å². The van der Waals surface area contributed by atoms with Gasteiger partial charge in [-0.25, -0.2) is 19.2 Å². The number of carbonyl (C=O) groups excluding carboxylic acids is 1. The van der Waals surface area contributed by atoms with Gasteiger partial charge in [-0.2, -0.15) is 9.78 Å². The molecule has 10 nitrogen and oxygen atoms in total. The number of imidazole rings is 1. The zero-order valence-corrected chi connectivity index (χ0v) is 23.4. The maximum absolute atomic E-state index is 13.5. The number of primary amides is 1. The lowest BCUT2D eigenvalue weighted by Gasteiger charge is -2.43. The third-order valence-electron chi connectivity index (χ3n) is 7.73. The summed E-state index contributed by atoms with van der Waals surface area (Å²) in [6.45, 7) is 4.25. The van der Waals surface area contributed by atoms with Gasteiger partial charge in [0.05, 0.1) is 11.2 Å². The normalized spacial score (nSPS) is 19.2. The number of halogens is 1. The number of benzene rings is 1. The lowest BCUT2D eigenvalue weighted by Crippen LogP contribution is -2.57. The van der Waals surface area contributed by atoms with Crippen LogP contribution in [-0.4, -0.2) is 62.7 Å². The second-order valence-electron chi connectivity index (χ2n) is 10.0. The van der Waals surface area contributed by atoms with E-state index in [-0.39, 0.29) is 17.4 Å². The van der Waals surface area contributed by atoms with Gasteiger partial charge >= 0.3 is 6.03 Å². The number of aryl methyl sites for hydroxylation is 1. The Morgan fingerprint density at radius 1 is 1.21 bits per heavy atom. The van der Waals surface area contributed by atoms with Crippen LogP contribution in [0.25, 0.3) is 16.2 Å². The summed E-state index contributed by atoms with van der Waals surface area (Å²) in [5.74, 6) is 0.456. The molecule has 39 heavy (non-hydrogen) atoms. The van der Waals surface area contributed by atoms with Crippen molar-refractivity contribution in [2.24, 2.45) is 5.73 Å². The number of nitrogens with two attached hydrogens (primary N) is 1. The molecule has 0 saturated carbocycles. The van der Waals surface area contributed by atoms with E-state index in [1.54, 1.807) is 12.1 Å². The van der Waals surface area contributed by atoms with Crippen LogP contribution in [0, 0.1) is 17.1 Å². The van der Waals surface area contributed by atoms with Gasteiger partial charge in [0, 0.05) is 32.2 Å². The minimum absolute atomic E-state index is 0.239. The first-order chi connectivity index (χ1) is 18.8. The van der Waals surface area contributed by atoms with Gasteiger partial charge in [0.15, 0.2) is 10.9 Å². The van der Waals surface area contributed by atoms with E-state index >= 15 is 0 Å². The highest BCUT2D eigenvalue weighted by Crippen LogP contribution is 2.41. The monoisotopic (exact) mass is 565 g/mol. The van der Waals surface area contributed by atoms with E-state index in [2.05, 4.69) is 11.0 Å². The van der Waals surface area contributed by atoms with Crippen LogP contribution in [0.5, 0.6) is 0 Å². The number of carbonyl (C=O) groups is 1. The molecule has 0 radical (unpaired) electrons. The zero-order valence-electron chi connectivity index (χ0n) is 21.7. The molecular formula is C26H28FN9OS2. The summed E-state index contributed by atoms with van der Waals surface area (Å²) < 4.78 is 15.3. The minimum Gasteiger partial charge on any atom is -0.351 e. The van der Waals surface area contributed by atoms with Crippen molar-refractivity contribution in [2.45, 2.75) is 44.6 Å². The van der Waals surface area contributed by atoms with Crippen LogP contribution < -0.4 is 15.5 Å². The number of hydrogen-bond acceptors (Lipinski definition) is 9. The molecule has 0 aliphatic carbocycles. The topological polar surface area (TPSA) is 120 Å². The molecule has 2 fully saturated rings. The second-order valence-corrected chi connectivity index (χ2v) is 11.9. The van der Waals surface area contributed by atoms with Crippen molar-refractivity contribution in [3.05, 3.63) is 40.7 Å². The molecule has 5 heterocycles. The van der Waals surface area contributed by atoms with E-state index in [1.807, 2.05) is 28.3 Å². The number of nitrogens with zero attached hydrogens (tertiary/aromatic N) is 8. The summed E-state index contributed by atoms with van der Waals surface area (Å²) in [7, 11) is 1.90. The summed E-state index contributed by atoms with van der Waals surface area (Å²) in [4.78, 5) is 29.1. The van der Waals surface area contributed by atoms with Gasteiger partial charge in [0.2, 0.25) is 10.1 Å². The van der Waals surface area contributed by atoms with Crippen LogP contribution >= 0.6 is 22.7 Å². The number of amides is 2. The molecular weight excluding hydrogens is 537 g/mol. The Balaban J connectivity index is 1.33. The SMILES string of the molecule is CCc1nc2sc(N3CCC4(CCCCN4C(N)=O)C3)nn2c1N(C)c1nc(-c2ccc(F)cc2)c(C#N)s1. The van der Waals surface area contributed by atoms with Crippen LogP contribution in [0.2, 0.25) is 0 Å². The van der Waals surface area contributed by atoms with Crippen LogP contribution in [-0.2, 0) is 6.42 Å². The highest BCUT2D eigenvalue weighted by Gasteiger charge is 2.46. The molecule has 2 amide bonds. The Morgan fingerprint density at radius 2 is 2.00 bits per heavy atom. The van der Waals surface area contributed by atoms with Crippen LogP contribution in [0.1, 0.15) is 43.2 Å². The quantitative estimate of drug-likeness (QED) is 0.370. The fraction of sp³-hybridized carbons (Fsp3) is 0.423. The van der Waals surface area contributed by atoms with E-state index in [4.69, 9.17) is 20.8 Å². The van der Waals surface area contributed by atoms with Crippen LogP contribution in [0.4, 0.5) is 25.3 Å². The van der Waals surface area contributed by atoms with Crippen molar-refractivity contribution in [1.29, 1.82) is 5.26 Å². The highest BCUT2D eigenvalue weighted by molar-refractivity contribution is 7.20. The van der Waals surface area contributed by atoms with E-state index in [0.717, 1.165) is 53.8 Å². The molecule has 2 N–H and O–H groups in total. The highest BCUT2D eigenvalue weighted by atomic mass is 32.1. The summed E-state index contributed by atoms with van der Waals surface area (Å²) in [5.41, 5.74) is 7.60. The Kier molecular flexibility index (Phi) is 6.39. The van der Waals surface area contributed by atoms with Gasteiger partial charge in [-0.1, -0.05) is 29.6 Å². The molecule has 1 atom stereocenters. The van der Waals surface area contributed by atoms with Gasteiger partial charge in [-0.05, 0) is 56.4 Å². The molecule has 13 heteroatoms. The van der Waals surface area contributed by atoms with Crippen LogP contribution in [0.3, 0.4) is 0 Å². The fourth-order valence-corrected chi connectivity index (χ4v) is 7.57. The van der Waals surface area contributed by atoms with Gasteiger partial charge in [-0.15, -0.1) is 5.10 Å². The number of piperidine rings is 1. The number of aromatic nitrogens is 4. The summed E-state index contributed by atoms with van der Waals surface area (Å²) in [6, 6.07) is 7.88. The molecule has 4 aromatic rings. The number of fused-ring (bicyclic) bond motifs is 1. The third kappa shape index (κ3) is 4.28. The molecule has 1 aromatic carbocycles. The first kappa shape index (κ1) is 25.5. The van der Waals surface area contributed by atoms with Gasteiger partial charge in [0.25, 0.3) is 0 Å². The summed E-state index contributed by atoms with van der Waals surface area (Å²) in [6.07, 6.45) is 4.59. The summed E-state index contributed by atoms with van der Waals surface area (Å²) >= 11 is 2.80. The number of rotatable bonds is 5. The molecule has 202 valence electrons. The summed E-state index contributed by atoms with van der Waals surface area (Å²) in [5, 5.41) is 16.2. The first-order valence-electron chi connectivity index (χ1n) is 12.9. The molecule has 1 spiro atoms. The standard InChI is InChI=1S/C26H28FN9OS2/c1-3-18-21(33(2)23-31-20(19(14-28)38-23)16-6-8-17(27)9-7-16)36-24(30-18)39-25(32-36)34-13-11-26(15-34)10-4-5-12-35(26)22(29)37/h6-9H,3-5,10-13,15H2,1-2H3,(H2,29,37). The predicted molar refractivity (Wildman–Crippen MR) is 150 cm³/mol. The number of hydrogen-bond donors (Lipinski definition) is 1. The van der Waals surface area contributed by atoms with Gasteiger partial charge < -0.3 is 20.4 Å². The first-order valence-corrected chi connectivity index (χ1v) is 14.6. The average Bonchev–Trinajstić information content (AvgIpc) is 3.70. The zero-order chi connectivity index (χ0) is 27.3. The van der Waals surface area contributed by atoms with Crippen molar-refractivity contribution >= 4 is 49.7 Å².